The average molecular weight is 250 g/mol. The molecule has 104 valence electrons. The van der Waals surface area contributed by atoms with Gasteiger partial charge in [0.1, 0.15) is 0 Å². The largest absolute Gasteiger partial charge is 0.381 e. The molecule has 1 fully saturated rings. The Morgan fingerprint density at radius 2 is 2.00 bits per heavy atom. The minimum atomic E-state index is 0.471. The Kier molecular flexibility index (Phi) is 6.14. The van der Waals surface area contributed by atoms with Crippen LogP contribution in [0.25, 0.3) is 0 Å². The van der Waals surface area contributed by atoms with Gasteiger partial charge in [-0.1, -0.05) is 45.1 Å². The highest BCUT2D eigenvalue weighted by Gasteiger charge is 2.31. The Hall–Kier alpha value is -0.560. The van der Waals surface area contributed by atoms with Crippen LogP contribution in [0.3, 0.4) is 0 Å². The van der Waals surface area contributed by atoms with E-state index in [1.807, 2.05) is 13.2 Å². The second kappa shape index (κ2) is 7.13. The first kappa shape index (κ1) is 15.5. The number of allylic oxidation sites excluding steroid dienone is 3. The summed E-state index contributed by atoms with van der Waals surface area (Å²) in [6.45, 7) is 10.9. The maximum Gasteiger partial charge on any atom is 0.0571 e. The van der Waals surface area contributed by atoms with Gasteiger partial charge in [0.2, 0.25) is 0 Å². The van der Waals surface area contributed by atoms with Gasteiger partial charge in [-0.2, -0.15) is 0 Å². The topological polar surface area (TPSA) is 9.23 Å². The van der Waals surface area contributed by atoms with E-state index < -0.39 is 0 Å². The standard InChI is InChI=1S/C17H30O/c1-6-7-15(12-14(2)3)13-17(4)10-8-16(18-5)9-11-17/h6-7,14,16H,1,8-13H2,2-5H3/b15-7+. The molecular formula is C17H30O. The summed E-state index contributed by atoms with van der Waals surface area (Å²) in [5.74, 6) is 0.732. The van der Waals surface area contributed by atoms with Gasteiger partial charge in [-0.15, -0.1) is 0 Å². The summed E-state index contributed by atoms with van der Waals surface area (Å²) in [7, 11) is 1.84. The van der Waals surface area contributed by atoms with Crippen molar-refractivity contribution in [2.75, 3.05) is 7.11 Å². The highest BCUT2D eigenvalue weighted by molar-refractivity contribution is 5.13. The Bertz CT molecular complexity index is 280. The van der Waals surface area contributed by atoms with Crippen LogP contribution in [0.2, 0.25) is 0 Å². The highest BCUT2D eigenvalue weighted by atomic mass is 16.5. The van der Waals surface area contributed by atoms with Gasteiger partial charge in [-0.05, 0) is 49.9 Å². The predicted octanol–water partition coefficient (Wildman–Crippen LogP) is 5.13. The van der Waals surface area contributed by atoms with Crippen molar-refractivity contribution in [1.82, 2.24) is 0 Å². The maximum absolute atomic E-state index is 5.47. The van der Waals surface area contributed by atoms with Crippen LogP contribution in [0.5, 0.6) is 0 Å². The van der Waals surface area contributed by atoms with Gasteiger partial charge in [0.05, 0.1) is 6.10 Å². The summed E-state index contributed by atoms with van der Waals surface area (Å²) >= 11 is 0. The average Bonchev–Trinajstić information content (AvgIpc) is 2.29. The van der Waals surface area contributed by atoms with E-state index in [-0.39, 0.29) is 0 Å². The van der Waals surface area contributed by atoms with Gasteiger partial charge in [0.15, 0.2) is 0 Å². The van der Waals surface area contributed by atoms with Crippen LogP contribution in [-0.2, 0) is 4.74 Å². The fourth-order valence-corrected chi connectivity index (χ4v) is 3.14. The molecule has 1 aliphatic rings. The molecule has 0 aromatic carbocycles. The van der Waals surface area contributed by atoms with Crippen molar-refractivity contribution in [3.05, 3.63) is 24.3 Å². The van der Waals surface area contributed by atoms with Crippen LogP contribution in [0.15, 0.2) is 24.3 Å². The van der Waals surface area contributed by atoms with Crippen molar-refractivity contribution in [2.24, 2.45) is 11.3 Å². The zero-order valence-electron chi connectivity index (χ0n) is 12.7. The Morgan fingerprint density at radius 1 is 1.39 bits per heavy atom. The molecule has 18 heavy (non-hydrogen) atoms. The first-order chi connectivity index (χ1) is 8.49. The SMILES string of the molecule is C=C/C=C(\CC(C)C)CC1(C)CCC(OC)CC1. The van der Waals surface area contributed by atoms with E-state index in [0.717, 1.165) is 5.92 Å². The molecule has 1 heteroatoms. The molecule has 1 rings (SSSR count). The number of hydrogen-bond acceptors (Lipinski definition) is 1. The summed E-state index contributed by atoms with van der Waals surface area (Å²) in [6, 6.07) is 0. The van der Waals surface area contributed by atoms with E-state index in [9.17, 15) is 0 Å². The molecule has 0 saturated heterocycles. The van der Waals surface area contributed by atoms with Gasteiger partial charge in [0, 0.05) is 7.11 Å². The Labute approximate surface area is 113 Å². The minimum absolute atomic E-state index is 0.471. The van der Waals surface area contributed by atoms with Crippen LogP contribution in [0.1, 0.15) is 59.3 Å². The van der Waals surface area contributed by atoms with Gasteiger partial charge in [-0.25, -0.2) is 0 Å². The molecule has 0 radical (unpaired) electrons. The quantitative estimate of drug-likeness (QED) is 0.594. The van der Waals surface area contributed by atoms with Crippen molar-refractivity contribution in [2.45, 2.75) is 65.4 Å². The van der Waals surface area contributed by atoms with Gasteiger partial charge < -0.3 is 4.74 Å². The van der Waals surface area contributed by atoms with Crippen molar-refractivity contribution in [1.29, 1.82) is 0 Å². The molecule has 0 aliphatic heterocycles. The Morgan fingerprint density at radius 3 is 2.44 bits per heavy atom. The summed E-state index contributed by atoms with van der Waals surface area (Å²) in [5.41, 5.74) is 2.04. The molecule has 1 saturated carbocycles. The number of methoxy groups -OCH3 is 1. The van der Waals surface area contributed by atoms with Gasteiger partial charge in [-0.3, -0.25) is 0 Å². The van der Waals surface area contributed by atoms with Crippen molar-refractivity contribution >= 4 is 0 Å². The van der Waals surface area contributed by atoms with Gasteiger partial charge in [0.25, 0.3) is 0 Å². The molecule has 0 aromatic heterocycles. The molecule has 1 aliphatic carbocycles. The maximum atomic E-state index is 5.47. The van der Waals surface area contributed by atoms with Crippen LogP contribution in [0, 0.1) is 11.3 Å². The normalized spacial score (nSPS) is 29.6. The van der Waals surface area contributed by atoms with Crippen LogP contribution in [-0.4, -0.2) is 13.2 Å². The first-order valence-electron chi connectivity index (χ1n) is 7.32. The van der Waals surface area contributed by atoms with Crippen LogP contribution < -0.4 is 0 Å². The summed E-state index contributed by atoms with van der Waals surface area (Å²) in [6.07, 6.45) is 12.1. The van der Waals surface area contributed by atoms with Crippen LogP contribution >= 0.6 is 0 Å². The van der Waals surface area contributed by atoms with E-state index in [1.165, 1.54) is 38.5 Å². The number of ether oxygens (including phenoxy) is 1. The smallest absolute Gasteiger partial charge is 0.0571 e. The molecule has 0 N–H and O–H groups in total. The molecule has 0 heterocycles. The third kappa shape index (κ3) is 4.97. The lowest BCUT2D eigenvalue weighted by molar-refractivity contribution is 0.0322. The molecule has 0 spiro atoms. The summed E-state index contributed by atoms with van der Waals surface area (Å²) in [4.78, 5) is 0. The zero-order chi connectivity index (χ0) is 13.6. The molecular weight excluding hydrogens is 220 g/mol. The van der Waals surface area contributed by atoms with E-state index in [4.69, 9.17) is 4.74 Å². The van der Waals surface area contributed by atoms with Gasteiger partial charge >= 0.3 is 0 Å². The van der Waals surface area contributed by atoms with Crippen molar-refractivity contribution < 1.29 is 4.74 Å². The lowest BCUT2D eigenvalue weighted by atomic mass is 9.70. The lowest BCUT2D eigenvalue weighted by Crippen LogP contribution is -2.28. The Balaban J connectivity index is 2.58. The second-order valence-corrected chi connectivity index (χ2v) is 6.58. The molecule has 0 aromatic rings. The number of rotatable bonds is 6. The van der Waals surface area contributed by atoms with E-state index in [1.54, 1.807) is 5.57 Å². The molecule has 0 amide bonds. The molecule has 0 atom stereocenters. The van der Waals surface area contributed by atoms with Crippen molar-refractivity contribution in [3.8, 4) is 0 Å². The van der Waals surface area contributed by atoms with E-state index in [0.29, 0.717) is 11.5 Å². The number of hydrogen-bond donors (Lipinski definition) is 0. The fourth-order valence-electron chi connectivity index (χ4n) is 3.14. The van der Waals surface area contributed by atoms with Crippen molar-refractivity contribution in [3.63, 3.8) is 0 Å². The van der Waals surface area contributed by atoms with E-state index >= 15 is 0 Å². The molecule has 1 nitrogen and oxygen atoms in total. The lowest BCUT2D eigenvalue weighted by Gasteiger charge is -2.38. The predicted molar refractivity (Wildman–Crippen MR) is 79.7 cm³/mol. The monoisotopic (exact) mass is 250 g/mol. The summed E-state index contributed by atoms with van der Waals surface area (Å²) < 4.78 is 5.47. The zero-order valence-corrected chi connectivity index (χ0v) is 12.7. The summed E-state index contributed by atoms with van der Waals surface area (Å²) in [5, 5.41) is 0. The minimum Gasteiger partial charge on any atom is -0.381 e. The first-order valence-corrected chi connectivity index (χ1v) is 7.32. The highest BCUT2D eigenvalue weighted by Crippen LogP contribution is 2.42. The third-order valence-electron chi connectivity index (χ3n) is 4.15. The van der Waals surface area contributed by atoms with Crippen LogP contribution in [0.4, 0.5) is 0 Å². The third-order valence-corrected chi connectivity index (χ3v) is 4.15. The fraction of sp³-hybridized carbons (Fsp3) is 0.765. The second-order valence-electron chi connectivity index (χ2n) is 6.58. The van der Waals surface area contributed by atoms with E-state index in [2.05, 4.69) is 33.4 Å². The molecule has 0 bridgehead atoms. The molecule has 0 unspecified atom stereocenters.